The van der Waals surface area contributed by atoms with Gasteiger partial charge in [0.2, 0.25) is 0 Å². The molecule has 128 valence electrons. The van der Waals surface area contributed by atoms with Gasteiger partial charge in [0.15, 0.2) is 0 Å². The number of hydrogen-bond acceptors (Lipinski definition) is 3. The third-order valence-electron chi connectivity index (χ3n) is 4.79. The molecule has 0 bridgehead atoms. The Balaban J connectivity index is 1.62. The first-order valence-corrected chi connectivity index (χ1v) is 8.68. The van der Waals surface area contributed by atoms with E-state index in [9.17, 15) is 4.79 Å². The molecule has 0 aliphatic carbocycles. The summed E-state index contributed by atoms with van der Waals surface area (Å²) in [7, 11) is 4.12. The van der Waals surface area contributed by atoms with Crippen molar-refractivity contribution in [3.63, 3.8) is 0 Å². The minimum absolute atomic E-state index is 0.0160. The van der Waals surface area contributed by atoms with E-state index in [4.69, 9.17) is 0 Å². The minimum Gasteiger partial charge on any atom is -0.352 e. The number of hydrogen-bond donors (Lipinski definition) is 1. The number of rotatable bonds is 5. The van der Waals surface area contributed by atoms with E-state index in [0.717, 1.165) is 30.9 Å². The first kappa shape index (κ1) is 16.7. The van der Waals surface area contributed by atoms with E-state index in [1.807, 2.05) is 42.1 Å². The van der Waals surface area contributed by atoms with Crippen LogP contribution in [-0.4, -0.2) is 47.0 Å². The zero-order valence-corrected chi connectivity index (χ0v) is 14.5. The summed E-state index contributed by atoms with van der Waals surface area (Å²) in [6, 6.07) is 7.66. The maximum Gasteiger partial charge on any atom is 0.252 e. The second kappa shape index (κ2) is 7.62. The average molecular weight is 326 g/mol. The van der Waals surface area contributed by atoms with Crippen molar-refractivity contribution in [3.05, 3.63) is 42.2 Å². The Labute approximate surface area is 143 Å². The van der Waals surface area contributed by atoms with Crippen LogP contribution in [0, 0.1) is 5.92 Å². The zero-order chi connectivity index (χ0) is 16.9. The predicted octanol–water partition coefficient (Wildman–Crippen LogP) is 2.55. The Morgan fingerprint density at radius 3 is 2.92 bits per heavy atom. The first-order chi connectivity index (χ1) is 11.6. The normalized spacial score (nSPS) is 18.5. The second-order valence-corrected chi connectivity index (χ2v) is 6.72. The van der Waals surface area contributed by atoms with Gasteiger partial charge in [0.05, 0.1) is 5.56 Å². The van der Waals surface area contributed by atoms with E-state index in [-0.39, 0.29) is 5.91 Å². The molecule has 0 saturated carbocycles. The topological polar surface area (TPSA) is 50.2 Å². The molecule has 24 heavy (non-hydrogen) atoms. The molecule has 1 aliphatic heterocycles. The molecule has 2 aromatic rings. The van der Waals surface area contributed by atoms with Gasteiger partial charge in [-0.3, -0.25) is 4.79 Å². The lowest BCUT2D eigenvalue weighted by Crippen LogP contribution is -2.34. The number of carbonyl (C=O) groups is 1. The molecule has 1 fully saturated rings. The number of imidazole rings is 1. The number of benzene rings is 1. The molecule has 0 radical (unpaired) electrons. The summed E-state index contributed by atoms with van der Waals surface area (Å²) in [6.45, 7) is 3.06. The Kier molecular flexibility index (Phi) is 5.30. The van der Waals surface area contributed by atoms with Gasteiger partial charge in [-0.05, 0) is 44.8 Å². The molecule has 1 aromatic heterocycles. The summed E-state index contributed by atoms with van der Waals surface area (Å²) in [5, 5.41) is 3.09. The summed E-state index contributed by atoms with van der Waals surface area (Å²) < 4.78 is 1.93. The lowest BCUT2D eigenvalue weighted by atomic mass is 9.95. The average Bonchev–Trinajstić information content (AvgIpc) is 3.01. The van der Waals surface area contributed by atoms with E-state index in [2.05, 4.69) is 22.2 Å². The monoisotopic (exact) mass is 326 g/mol. The van der Waals surface area contributed by atoms with Crippen LogP contribution < -0.4 is 5.32 Å². The van der Waals surface area contributed by atoms with Gasteiger partial charge in [0.1, 0.15) is 5.82 Å². The molecular weight excluding hydrogens is 300 g/mol. The van der Waals surface area contributed by atoms with Crippen molar-refractivity contribution >= 4 is 5.91 Å². The highest BCUT2D eigenvalue weighted by Crippen LogP contribution is 2.22. The van der Waals surface area contributed by atoms with Gasteiger partial charge in [-0.25, -0.2) is 4.98 Å². The Morgan fingerprint density at radius 1 is 1.33 bits per heavy atom. The van der Waals surface area contributed by atoms with Gasteiger partial charge < -0.3 is 14.8 Å². The number of nitrogens with zero attached hydrogens (tertiary/aromatic N) is 3. The number of amides is 1. The zero-order valence-electron chi connectivity index (χ0n) is 14.5. The summed E-state index contributed by atoms with van der Waals surface area (Å²) in [5.41, 5.74) is 1.56. The predicted molar refractivity (Wildman–Crippen MR) is 95.8 cm³/mol. The standard InChI is InChI=1S/C19H26N4O/c1-22-12-5-6-15(14-22)9-10-21-19(24)17-8-4-3-7-16(17)18-20-11-13-23(18)2/h3-4,7-8,11,13,15H,5-6,9-10,12,14H2,1-2H3,(H,21,24)/t15-/m0/s1. The summed E-state index contributed by atoms with van der Waals surface area (Å²) >= 11 is 0. The van der Waals surface area contributed by atoms with Crippen LogP contribution in [0.5, 0.6) is 0 Å². The van der Waals surface area contributed by atoms with Gasteiger partial charge in [0, 0.05) is 38.1 Å². The van der Waals surface area contributed by atoms with E-state index >= 15 is 0 Å². The van der Waals surface area contributed by atoms with Gasteiger partial charge in [0.25, 0.3) is 5.91 Å². The molecule has 3 rings (SSSR count). The third-order valence-corrected chi connectivity index (χ3v) is 4.79. The van der Waals surface area contributed by atoms with Gasteiger partial charge in [-0.1, -0.05) is 18.2 Å². The molecule has 1 saturated heterocycles. The molecule has 1 aliphatic rings. The molecule has 1 atom stereocenters. The largest absolute Gasteiger partial charge is 0.352 e. The van der Waals surface area contributed by atoms with Crippen molar-refractivity contribution in [1.29, 1.82) is 0 Å². The van der Waals surface area contributed by atoms with Gasteiger partial charge in [-0.2, -0.15) is 0 Å². The Hall–Kier alpha value is -2.14. The smallest absolute Gasteiger partial charge is 0.252 e. The number of nitrogens with one attached hydrogen (secondary N) is 1. The van der Waals surface area contributed by atoms with Crippen molar-refractivity contribution in [3.8, 4) is 11.4 Å². The first-order valence-electron chi connectivity index (χ1n) is 8.68. The number of aromatic nitrogens is 2. The molecule has 1 N–H and O–H groups in total. The summed E-state index contributed by atoms with van der Waals surface area (Å²) in [5.74, 6) is 1.49. The fourth-order valence-corrected chi connectivity index (χ4v) is 3.50. The van der Waals surface area contributed by atoms with Crippen molar-refractivity contribution in [2.75, 3.05) is 26.7 Å². The van der Waals surface area contributed by atoms with E-state index in [1.54, 1.807) is 6.20 Å². The Bertz CT molecular complexity index is 694. The SMILES string of the molecule is CN1CCC[C@@H](CCNC(=O)c2ccccc2-c2nccn2C)C1. The van der Waals surface area contributed by atoms with E-state index in [1.165, 1.54) is 19.4 Å². The van der Waals surface area contributed by atoms with Crippen LogP contribution in [0.3, 0.4) is 0 Å². The molecule has 5 nitrogen and oxygen atoms in total. The lowest BCUT2D eigenvalue weighted by molar-refractivity contribution is 0.0949. The highest BCUT2D eigenvalue weighted by molar-refractivity contribution is 6.00. The van der Waals surface area contributed by atoms with Crippen LogP contribution >= 0.6 is 0 Å². The minimum atomic E-state index is -0.0160. The van der Waals surface area contributed by atoms with Crippen molar-refractivity contribution in [1.82, 2.24) is 19.8 Å². The molecule has 1 aromatic carbocycles. The van der Waals surface area contributed by atoms with Crippen molar-refractivity contribution < 1.29 is 4.79 Å². The van der Waals surface area contributed by atoms with Crippen LogP contribution in [0.15, 0.2) is 36.7 Å². The van der Waals surface area contributed by atoms with E-state index in [0.29, 0.717) is 11.5 Å². The maximum atomic E-state index is 12.6. The molecule has 0 unspecified atom stereocenters. The maximum absolute atomic E-state index is 12.6. The summed E-state index contributed by atoms with van der Waals surface area (Å²) in [6.07, 6.45) is 7.22. The van der Waals surface area contributed by atoms with Crippen LogP contribution in [0.2, 0.25) is 0 Å². The van der Waals surface area contributed by atoms with Crippen LogP contribution in [0.25, 0.3) is 11.4 Å². The second-order valence-electron chi connectivity index (χ2n) is 6.72. The number of carbonyl (C=O) groups excluding carboxylic acids is 1. The highest BCUT2D eigenvalue weighted by atomic mass is 16.1. The van der Waals surface area contributed by atoms with Crippen LogP contribution in [-0.2, 0) is 7.05 Å². The summed E-state index contributed by atoms with van der Waals surface area (Å²) in [4.78, 5) is 19.4. The molecule has 2 heterocycles. The number of piperidine rings is 1. The quantitative estimate of drug-likeness (QED) is 0.919. The van der Waals surface area contributed by atoms with Gasteiger partial charge in [-0.15, -0.1) is 0 Å². The Morgan fingerprint density at radius 2 is 2.17 bits per heavy atom. The van der Waals surface area contributed by atoms with Crippen LogP contribution in [0.4, 0.5) is 0 Å². The number of likely N-dealkylation sites (tertiary alicyclic amines) is 1. The van der Waals surface area contributed by atoms with Crippen molar-refractivity contribution in [2.24, 2.45) is 13.0 Å². The number of aryl methyl sites for hydroxylation is 1. The fraction of sp³-hybridized carbons (Fsp3) is 0.474. The lowest BCUT2D eigenvalue weighted by Gasteiger charge is -2.29. The third kappa shape index (κ3) is 3.85. The molecule has 0 spiro atoms. The van der Waals surface area contributed by atoms with Gasteiger partial charge >= 0.3 is 0 Å². The van der Waals surface area contributed by atoms with Crippen LogP contribution in [0.1, 0.15) is 29.6 Å². The fourth-order valence-electron chi connectivity index (χ4n) is 3.50. The molecule has 1 amide bonds. The molecular formula is C19H26N4O. The van der Waals surface area contributed by atoms with E-state index < -0.39 is 0 Å². The van der Waals surface area contributed by atoms with Crippen molar-refractivity contribution in [2.45, 2.75) is 19.3 Å². The highest BCUT2D eigenvalue weighted by Gasteiger charge is 2.18. The molecule has 5 heteroatoms.